The molecule has 3 heteroatoms. The fourth-order valence-corrected chi connectivity index (χ4v) is 3.95. The normalized spacial score (nSPS) is 21.8. The third-order valence-electron chi connectivity index (χ3n) is 5.17. The van der Waals surface area contributed by atoms with Crippen LogP contribution in [0.15, 0.2) is 54.6 Å². The molecule has 128 valence electrons. The molecule has 1 fully saturated rings. The Balaban J connectivity index is 1.82. The van der Waals surface area contributed by atoms with Crippen molar-refractivity contribution in [2.75, 3.05) is 27.7 Å². The molecule has 0 spiro atoms. The van der Waals surface area contributed by atoms with E-state index in [1.54, 1.807) is 7.11 Å². The standard InChI is InChI=1S/C21H28N2O/c1-22-15-9-13-19(21(22)17-10-5-4-6-11-17)23(2)16-18-12-7-8-14-20(18)24-3/h4-8,10-12,14,19,21H,9,13,15-16H2,1-3H3/t19-,21-/m0/s1. The molecule has 3 rings (SSSR count). The first-order valence-corrected chi connectivity index (χ1v) is 8.78. The van der Waals surface area contributed by atoms with Crippen molar-refractivity contribution in [2.45, 2.75) is 31.5 Å². The van der Waals surface area contributed by atoms with Gasteiger partial charge in [-0.3, -0.25) is 9.80 Å². The molecule has 2 atom stereocenters. The predicted octanol–water partition coefficient (Wildman–Crippen LogP) is 3.96. The second kappa shape index (κ2) is 7.82. The Morgan fingerprint density at radius 3 is 2.54 bits per heavy atom. The van der Waals surface area contributed by atoms with Crippen LogP contribution in [0.25, 0.3) is 0 Å². The van der Waals surface area contributed by atoms with E-state index < -0.39 is 0 Å². The number of piperidine rings is 1. The topological polar surface area (TPSA) is 15.7 Å². The molecule has 3 nitrogen and oxygen atoms in total. The zero-order valence-corrected chi connectivity index (χ0v) is 15.0. The average molecular weight is 324 g/mol. The minimum atomic E-state index is 0.444. The first-order valence-electron chi connectivity index (χ1n) is 8.78. The van der Waals surface area contributed by atoms with E-state index in [0.717, 1.165) is 12.3 Å². The average Bonchev–Trinajstić information content (AvgIpc) is 2.62. The molecule has 1 aliphatic heterocycles. The minimum Gasteiger partial charge on any atom is -0.496 e. The van der Waals surface area contributed by atoms with E-state index in [2.05, 4.69) is 66.4 Å². The molecular weight excluding hydrogens is 296 g/mol. The van der Waals surface area contributed by atoms with Gasteiger partial charge in [-0.15, -0.1) is 0 Å². The molecule has 1 saturated heterocycles. The Labute approximate surface area is 145 Å². The summed E-state index contributed by atoms with van der Waals surface area (Å²) >= 11 is 0. The summed E-state index contributed by atoms with van der Waals surface area (Å²) in [5.74, 6) is 0.977. The fourth-order valence-electron chi connectivity index (χ4n) is 3.95. The van der Waals surface area contributed by atoms with Crippen molar-refractivity contribution in [3.05, 3.63) is 65.7 Å². The van der Waals surface area contributed by atoms with Crippen LogP contribution < -0.4 is 4.74 Å². The maximum absolute atomic E-state index is 5.53. The number of ether oxygens (including phenoxy) is 1. The molecule has 0 aliphatic carbocycles. The zero-order chi connectivity index (χ0) is 16.9. The summed E-state index contributed by atoms with van der Waals surface area (Å²) in [6, 6.07) is 20.2. The molecule has 0 saturated carbocycles. The lowest BCUT2D eigenvalue weighted by Crippen LogP contribution is -2.47. The van der Waals surface area contributed by atoms with Gasteiger partial charge in [0.2, 0.25) is 0 Å². The number of hydrogen-bond acceptors (Lipinski definition) is 3. The van der Waals surface area contributed by atoms with Crippen LogP contribution in [0, 0.1) is 0 Å². The second-order valence-corrected chi connectivity index (χ2v) is 6.77. The summed E-state index contributed by atoms with van der Waals surface area (Å²) < 4.78 is 5.53. The molecule has 0 bridgehead atoms. The van der Waals surface area contributed by atoms with Crippen LogP contribution in [-0.4, -0.2) is 43.6 Å². The number of nitrogens with zero attached hydrogens (tertiary/aromatic N) is 2. The smallest absolute Gasteiger partial charge is 0.123 e. The predicted molar refractivity (Wildman–Crippen MR) is 99.3 cm³/mol. The Morgan fingerprint density at radius 2 is 1.79 bits per heavy atom. The van der Waals surface area contributed by atoms with Gasteiger partial charge in [0.1, 0.15) is 5.75 Å². The van der Waals surface area contributed by atoms with Gasteiger partial charge in [0.25, 0.3) is 0 Å². The molecule has 0 aromatic heterocycles. The molecule has 2 aromatic rings. The van der Waals surface area contributed by atoms with Crippen LogP contribution in [0.2, 0.25) is 0 Å². The molecule has 0 amide bonds. The van der Waals surface area contributed by atoms with Gasteiger partial charge in [0.05, 0.1) is 13.2 Å². The van der Waals surface area contributed by atoms with Gasteiger partial charge in [0, 0.05) is 18.2 Å². The van der Waals surface area contributed by atoms with Gasteiger partial charge in [-0.1, -0.05) is 48.5 Å². The van der Waals surface area contributed by atoms with Crippen LogP contribution in [0.4, 0.5) is 0 Å². The van der Waals surface area contributed by atoms with E-state index in [-0.39, 0.29) is 0 Å². The maximum Gasteiger partial charge on any atom is 0.123 e. The first kappa shape index (κ1) is 17.0. The zero-order valence-electron chi connectivity index (χ0n) is 15.0. The summed E-state index contributed by atoms with van der Waals surface area (Å²) in [6.07, 6.45) is 2.48. The lowest BCUT2D eigenvalue weighted by atomic mass is 9.89. The molecule has 1 aliphatic rings. The van der Waals surface area contributed by atoms with E-state index in [1.165, 1.54) is 30.5 Å². The third kappa shape index (κ3) is 3.63. The van der Waals surface area contributed by atoms with Gasteiger partial charge >= 0.3 is 0 Å². The molecule has 0 N–H and O–H groups in total. The number of rotatable bonds is 5. The second-order valence-electron chi connectivity index (χ2n) is 6.77. The van der Waals surface area contributed by atoms with Crippen molar-refractivity contribution in [1.82, 2.24) is 9.80 Å². The van der Waals surface area contributed by atoms with Gasteiger partial charge < -0.3 is 4.74 Å². The number of para-hydroxylation sites is 1. The van der Waals surface area contributed by atoms with Gasteiger partial charge in [-0.05, 0) is 45.1 Å². The molecule has 2 aromatic carbocycles. The van der Waals surface area contributed by atoms with Crippen molar-refractivity contribution >= 4 is 0 Å². The highest BCUT2D eigenvalue weighted by atomic mass is 16.5. The molecule has 0 unspecified atom stereocenters. The lowest BCUT2D eigenvalue weighted by molar-refractivity contribution is 0.0650. The van der Waals surface area contributed by atoms with E-state index in [9.17, 15) is 0 Å². The van der Waals surface area contributed by atoms with Crippen LogP contribution in [-0.2, 0) is 6.54 Å². The molecule has 0 radical (unpaired) electrons. The lowest BCUT2D eigenvalue weighted by Gasteiger charge is -2.44. The van der Waals surface area contributed by atoms with E-state index in [0.29, 0.717) is 12.1 Å². The van der Waals surface area contributed by atoms with E-state index in [4.69, 9.17) is 4.74 Å². The summed E-state index contributed by atoms with van der Waals surface area (Å²) in [6.45, 7) is 2.07. The highest BCUT2D eigenvalue weighted by Crippen LogP contribution is 2.34. The van der Waals surface area contributed by atoms with Crippen LogP contribution in [0.5, 0.6) is 5.75 Å². The number of methoxy groups -OCH3 is 1. The minimum absolute atomic E-state index is 0.444. The van der Waals surface area contributed by atoms with Gasteiger partial charge in [0.15, 0.2) is 0 Å². The van der Waals surface area contributed by atoms with Crippen molar-refractivity contribution in [3.8, 4) is 5.75 Å². The quantitative estimate of drug-likeness (QED) is 0.828. The third-order valence-corrected chi connectivity index (χ3v) is 5.17. The van der Waals surface area contributed by atoms with E-state index >= 15 is 0 Å². The number of benzene rings is 2. The summed E-state index contributed by atoms with van der Waals surface area (Å²) in [7, 11) is 6.24. The Hall–Kier alpha value is -1.84. The van der Waals surface area contributed by atoms with Crippen LogP contribution >= 0.6 is 0 Å². The largest absolute Gasteiger partial charge is 0.496 e. The molecule has 1 heterocycles. The first-order chi connectivity index (χ1) is 11.7. The van der Waals surface area contributed by atoms with Gasteiger partial charge in [-0.2, -0.15) is 0 Å². The summed E-state index contributed by atoms with van der Waals surface area (Å²) in [4.78, 5) is 4.99. The maximum atomic E-state index is 5.53. The van der Waals surface area contributed by atoms with E-state index in [1.807, 2.05) is 12.1 Å². The molecular formula is C21H28N2O. The Morgan fingerprint density at radius 1 is 1.08 bits per heavy atom. The van der Waals surface area contributed by atoms with Crippen LogP contribution in [0.3, 0.4) is 0 Å². The monoisotopic (exact) mass is 324 g/mol. The fraction of sp³-hybridized carbons (Fsp3) is 0.429. The number of likely N-dealkylation sites (N-methyl/N-ethyl adjacent to an activating group) is 2. The number of likely N-dealkylation sites (tertiary alicyclic amines) is 1. The van der Waals surface area contributed by atoms with Crippen molar-refractivity contribution in [2.24, 2.45) is 0 Å². The van der Waals surface area contributed by atoms with Crippen LogP contribution in [0.1, 0.15) is 30.0 Å². The van der Waals surface area contributed by atoms with Gasteiger partial charge in [-0.25, -0.2) is 0 Å². The molecule has 24 heavy (non-hydrogen) atoms. The number of hydrogen-bond donors (Lipinski definition) is 0. The highest BCUT2D eigenvalue weighted by molar-refractivity contribution is 5.33. The Bertz CT molecular complexity index is 643. The Kier molecular flexibility index (Phi) is 5.54. The summed E-state index contributed by atoms with van der Waals surface area (Å²) in [5.41, 5.74) is 2.67. The summed E-state index contributed by atoms with van der Waals surface area (Å²) in [5, 5.41) is 0. The van der Waals surface area contributed by atoms with Crippen molar-refractivity contribution in [3.63, 3.8) is 0 Å². The highest BCUT2D eigenvalue weighted by Gasteiger charge is 2.33. The SMILES string of the molecule is COc1ccccc1CN(C)[C@H]1CCCN(C)[C@H]1c1ccccc1. The van der Waals surface area contributed by atoms with Crippen molar-refractivity contribution in [1.29, 1.82) is 0 Å². The van der Waals surface area contributed by atoms with Crippen molar-refractivity contribution < 1.29 is 4.74 Å².